The molecule has 0 bridgehead atoms. The fraction of sp³-hybridized carbons (Fsp3) is 0.500. The van der Waals surface area contributed by atoms with Crippen LogP contribution in [0.5, 0.6) is 0 Å². The molecule has 1 fully saturated rings. The Morgan fingerprint density at radius 3 is 2.57 bits per heavy atom. The minimum Gasteiger partial charge on any atom is -0.381 e. The second kappa shape index (κ2) is 5.15. The van der Waals surface area contributed by atoms with Gasteiger partial charge in [0.1, 0.15) is 0 Å². The first-order valence-electron chi connectivity index (χ1n) is 7.42. The molecule has 0 saturated heterocycles. The van der Waals surface area contributed by atoms with Gasteiger partial charge in [-0.1, -0.05) is 26.0 Å². The molecule has 0 aliphatic heterocycles. The lowest BCUT2D eigenvalue weighted by atomic mass is 9.64. The number of aromatic nitrogens is 2. The molecule has 3 N–H and O–H groups in total. The molecule has 2 aromatic rings. The maximum atomic E-state index is 6.03. The van der Waals surface area contributed by atoms with Gasteiger partial charge in [0, 0.05) is 18.1 Å². The molecule has 1 aromatic carbocycles. The first-order chi connectivity index (χ1) is 10.0. The van der Waals surface area contributed by atoms with Crippen molar-refractivity contribution in [1.82, 2.24) is 9.97 Å². The van der Waals surface area contributed by atoms with Crippen LogP contribution in [-0.4, -0.2) is 28.7 Å². The van der Waals surface area contributed by atoms with E-state index in [0.717, 1.165) is 24.1 Å². The van der Waals surface area contributed by atoms with Crippen LogP contribution in [-0.2, 0) is 4.74 Å². The molecule has 112 valence electrons. The van der Waals surface area contributed by atoms with Gasteiger partial charge in [0.05, 0.1) is 17.1 Å². The molecule has 5 heteroatoms. The zero-order chi connectivity index (χ0) is 15.0. The molecular formula is C16H22N4O. The van der Waals surface area contributed by atoms with Crippen molar-refractivity contribution < 1.29 is 4.74 Å². The van der Waals surface area contributed by atoms with Crippen molar-refractivity contribution in [2.24, 2.45) is 5.41 Å². The van der Waals surface area contributed by atoms with E-state index in [1.54, 1.807) is 0 Å². The Labute approximate surface area is 124 Å². The van der Waals surface area contributed by atoms with Gasteiger partial charge < -0.3 is 15.8 Å². The summed E-state index contributed by atoms with van der Waals surface area (Å²) in [6.45, 7) is 7.20. The number of hydrogen-bond acceptors (Lipinski definition) is 5. The number of hydrogen-bond donors (Lipinski definition) is 2. The van der Waals surface area contributed by atoms with Crippen LogP contribution in [0.4, 0.5) is 11.6 Å². The van der Waals surface area contributed by atoms with Crippen molar-refractivity contribution in [2.45, 2.75) is 39.3 Å². The fourth-order valence-corrected chi connectivity index (χ4v) is 2.90. The lowest BCUT2D eigenvalue weighted by Crippen LogP contribution is -2.58. The smallest absolute Gasteiger partial charge is 0.169 e. The van der Waals surface area contributed by atoms with Crippen molar-refractivity contribution in [2.75, 3.05) is 17.7 Å². The van der Waals surface area contributed by atoms with Crippen LogP contribution < -0.4 is 11.1 Å². The standard InChI is InChI=1S/C16H22N4O/c1-4-21-13-9-12(16(13,2)3)20-15-14(17)18-10-7-5-6-8-11(10)19-15/h5-8,12-13H,4,9H2,1-3H3,(H2,17,18)(H,19,20). The summed E-state index contributed by atoms with van der Waals surface area (Å²) < 4.78 is 5.75. The van der Waals surface area contributed by atoms with E-state index in [-0.39, 0.29) is 11.5 Å². The third-order valence-corrected chi connectivity index (χ3v) is 4.45. The Bertz CT molecular complexity index is 656. The largest absolute Gasteiger partial charge is 0.381 e. The topological polar surface area (TPSA) is 73.1 Å². The predicted octanol–water partition coefficient (Wildman–Crippen LogP) is 2.83. The number of rotatable bonds is 4. The summed E-state index contributed by atoms with van der Waals surface area (Å²) in [6.07, 6.45) is 1.25. The molecule has 1 aliphatic rings. The van der Waals surface area contributed by atoms with E-state index in [2.05, 4.69) is 29.1 Å². The van der Waals surface area contributed by atoms with Crippen molar-refractivity contribution in [1.29, 1.82) is 0 Å². The van der Waals surface area contributed by atoms with E-state index in [4.69, 9.17) is 10.5 Å². The molecule has 1 saturated carbocycles. The highest BCUT2D eigenvalue weighted by Gasteiger charge is 2.49. The average molecular weight is 286 g/mol. The number of ether oxygens (including phenoxy) is 1. The van der Waals surface area contributed by atoms with E-state index in [9.17, 15) is 0 Å². The number of benzene rings is 1. The molecule has 0 spiro atoms. The third-order valence-electron chi connectivity index (χ3n) is 4.45. The van der Waals surface area contributed by atoms with Gasteiger partial charge >= 0.3 is 0 Å². The van der Waals surface area contributed by atoms with Gasteiger partial charge in [0.2, 0.25) is 0 Å². The molecule has 1 heterocycles. The normalized spacial score (nSPS) is 23.8. The molecule has 1 aromatic heterocycles. The van der Waals surface area contributed by atoms with Crippen LogP contribution >= 0.6 is 0 Å². The molecule has 2 unspecified atom stereocenters. The monoisotopic (exact) mass is 286 g/mol. The summed E-state index contributed by atoms with van der Waals surface area (Å²) in [4.78, 5) is 9.01. The molecular weight excluding hydrogens is 264 g/mol. The van der Waals surface area contributed by atoms with Crippen molar-refractivity contribution in [3.8, 4) is 0 Å². The summed E-state index contributed by atoms with van der Waals surface area (Å²) in [7, 11) is 0. The molecule has 0 amide bonds. The molecule has 5 nitrogen and oxygen atoms in total. The zero-order valence-corrected chi connectivity index (χ0v) is 12.8. The van der Waals surface area contributed by atoms with Gasteiger partial charge in [-0.25, -0.2) is 9.97 Å². The number of para-hydroxylation sites is 2. The van der Waals surface area contributed by atoms with E-state index >= 15 is 0 Å². The number of fused-ring (bicyclic) bond motifs is 1. The highest BCUT2D eigenvalue weighted by Crippen LogP contribution is 2.44. The number of nitrogens with one attached hydrogen (secondary N) is 1. The van der Waals surface area contributed by atoms with Gasteiger partial charge in [0.25, 0.3) is 0 Å². The van der Waals surface area contributed by atoms with Crippen LogP contribution in [0.1, 0.15) is 27.2 Å². The van der Waals surface area contributed by atoms with Gasteiger partial charge in [-0.3, -0.25) is 0 Å². The Morgan fingerprint density at radius 2 is 1.95 bits per heavy atom. The molecule has 0 radical (unpaired) electrons. The van der Waals surface area contributed by atoms with Crippen molar-refractivity contribution in [3.05, 3.63) is 24.3 Å². The Balaban J connectivity index is 1.81. The maximum Gasteiger partial charge on any atom is 0.169 e. The average Bonchev–Trinajstić information content (AvgIpc) is 2.46. The lowest BCUT2D eigenvalue weighted by Gasteiger charge is -2.51. The minimum absolute atomic E-state index is 0.0653. The van der Waals surface area contributed by atoms with Gasteiger partial charge in [-0.15, -0.1) is 0 Å². The third kappa shape index (κ3) is 2.42. The van der Waals surface area contributed by atoms with Gasteiger partial charge in [-0.2, -0.15) is 0 Å². The van der Waals surface area contributed by atoms with Crippen LogP contribution in [0.25, 0.3) is 11.0 Å². The van der Waals surface area contributed by atoms with Gasteiger partial charge in [0.15, 0.2) is 11.6 Å². The number of nitrogen functional groups attached to an aromatic ring is 1. The first kappa shape index (κ1) is 14.1. The Kier molecular flexibility index (Phi) is 3.45. The second-order valence-corrected chi connectivity index (χ2v) is 6.14. The van der Waals surface area contributed by atoms with Crippen molar-refractivity contribution >= 4 is 22.7 Å². The Hall–Kier alpha value is -1.88. The van der Waals surface area contributed by atoms with E-state index < -0.39 is 0 Å². The van der Waals surface area contributed by atoms with Crippen LogP contribution in [0.15, 0.2) is 24.3 Å². The van der Waals surface area contributed by atoms with Gasteiger partial charge in [-0.05, 0) is 25.5 Å². The lowest BCUT2D eigenvalue weighted by molar-refractivity contribution is -0.0976. The minimum atomic E-state index is 0.0653. The van der Waals surface area contributed by atoms with E-state index in [1.165, 1.54) is 0 Å². The summed E-state index contributed by atoms with van der Waals surface area (Å²) in [5.74, 6) is 1.12. The van der Waals surface area contributed by atoms with E-state index in [1.807, 2.05) is 31.2 Å². The highest BCUT2D eigenvalue weighted by molar-refractivity contribution is 5.79. The first-order valence-corrected chi connectivity index (χ1v) is 7.42. The molecule has 1 aliphatic carbocycles. The SMILES string of the molecule is CCOC1CC(Nc2nc3ccccc3nc2N)C1(C)C. The number of nitrogens with two attached hydrogens (primary N) is 1. The molecule has 2 atom stereocenters. The van der Waals surface area contributed by atoms with E-state index in [0.29, 0.717) is 17.7 Å². The maximum absolute atomic E-state index is 6.03. The Morgan fingerprint density at radius 1 is 1.29 bits per heavy atom. The zero-order valence-electron chi connectivity index (χ0n) is 12.8. The highest BCUT2D eigenvalue weighted by atomic mass is 16.5. The van der Waals surface area contributed by atoms with Crippen LogP contribution in [0.3, 0.4) is 0 Å². The predicted molar refractivity (Wildman–Crippen MR) is 85.2 cm³/mol. The number of nitrogens with zero attached hydrogens (tertiary/aromatic N) is 2. The summed E-state index contributed by atoms with van der Waals surface area (Å²) in [5.41, 5.74) is 7.77. The van der Waals surface area contributed by atoms with Crippen LogP contribution in [0.2, 0.25) is 0 Å². The summed E-state index contributed by atoms with van der Waals surface area (Å²) in [5, 5.41) is 3.44. The summed E-state index contributed by atoms with van der Waals surface area (Å²) in [6, 6.07) is 8.05. The molecule has 3 rings (SSSR count). The fourth-order valence-electron chi connectivity index (χ4n) is 2.90. The number of anilines is 2. The second-order valence-electron chi connectivity index (χ2n) is 6.14. The van der Waals surface area contributed by atoms with Crippen LogP contribution in [0, 0.1) is 5.41 Å². The molecule has 21 heavy (non-hydrogen) atoms. The summed E-state index contributed by atoms with van der Waals surface area (Å²) >= 11 is 0. The van der Waals surface area contributed by atoms with Crippen molar-refractivity contribution in [3.63, 3.8) is 0 Å². The quantitative estimate of drug-likeness (QED) is 0.904.